The van der Waals surface area contributed by atoms with Crippen LogP contribution in [0.15, 0.2) is 18.2 Å². The maximum Gasteiger partial charge on any atom is 0.534 e. The Labute approximate surface area is 120 Å². The molecule has 1 aromatic rings. The summed E-state index contributed by atoms with van der Waals surface area (Å²) < 4.78 is 68.1. The molecule has 4 nitrogen and oxygen atoms in total. The zero-order valence-corrected chi connectivity index (χ0v) is 12.0. The van der Waals surface area contributed by atoms with E-state index < -0.39 is 21.4 Å². The third-order valence-electron chi connectivity index (χ3n) is 2.20. The predicted octanol–water partition coefficient (Wildman–Crippen LogP) is 2.93. The quantitative estimate of drug-likeness (QED) is 0.431. The summed E-state index contributed by atoms with van der Waals surface area (Å²) in [5.74, 6) is -0.107. The number of hydrogen-bond acceptors (Lipinski definition) is 4. The number of alkyl halides is 3. The lowest BCUT2D eigenvalue weighted by Crippen LogP contribution is -2.28. The second-order valence-electron chi connectivity index (χ2n) is 3.49. The minimum absolute atomic E-state index is 0.173. The van der Waals surface area contributed by atoms with Crippen molar-refractivity contribution in [2.75, 3.05) is 6.61 Å². The third-order valence-corrected chi connectivity index (χ3v) is 4.18. The summed E-state index contributed by atoms with van der Waals surface area (Å²) in [6.45, 7) is 0.262. The highest BCUT2D eigenvalue weighted by Gasteiger charge is 2.48. The molecule has 0 amide bonds. The fraction of sp³-hybridized carbons (Fsp3) is 0.200. The highest BCUT2D eigenvalue weighted by Crippen LogP contribution is 2.38. The standard InChI is InChI=1S/C10H6F3IO4S/c11-10(12,13)19(15,16)18-7-4-3-6-2-1-5-17-9(6)8(7)14/h1-4H,5H2. The van der Waals surface area contributed by atoms with E-state index in [1.165, 1.54) is 6.07 Å². The number of fused-ring (bicyclic) bond motifs is 1. The average molecular weight is 406 g/mol. The first-order valence-electron chi connectivity index (χ1n) is 4.85. The Balaban J connectivity index is 2.41. The molecule has 0 atom stereocenters. The van der Waals surface area contributed by atoms with E-state index in [1.54, 1.807) is 34.7 Å². The largest absolute Gasteiger partial charge is 0.534 e. The number of benzene rings is 1. The van der Waals surface area contributed by atoms with Crippen LogP contribution in [0, 0.1) is 3.57 Å². The molecule has 1 aromatic carbocycles. The van der Waals surface area contributed by atoms with Gasteiger partial charge in [0.25, 0.3) is 0 Å². The van der Waals surface area contributed by atoms with Gasteiger partial charge in [0.15, 0.2) is 5.75 Å². The number of ether oxygens (including phenoxy) is 1. The van der Waals surface area contributed by atoms with Crippen LogP contribution in [0.1, 0.15) is 5.56 Å². The van der Waals surface area contributed by atoms with Gasteiger partial charge in [0.2, 0.25) is 0 Å². The van der Waals surface area contributed by atoms with Crippen molar-refractivity contribution in [3.63, 3.8) is 0 Å². The van der Waals surface area contributed by atoms with Gasteiger partial charge in [-0.2, -0.15) is 21.6 Å². The summed E-state index contributed by atoms with van der Waals surface area (Å²) in [6, 6.07) is 2.58. The van der Waals surface area contributed by atoms with Crippen molar-refractivity contribution in [2.45, 2.75) is 5.51 Å². The minimum atomic E-state index is -5.68. The molecule has 19 heavy (non-hydrogen) atoms. The molecule has 0 N–H and O–H groups in total. The van der Waals surface area contributed by atoms with E-state index in [-0.39, 0.29) is 10.2 Å². The van der Waals surface area contributed by atoms with Gasteiger partial charge in [-0.05, 0) is 40.8 Å². The molecule has 9 heteroatoms. The lowest BCUT2D eigenvalue weighted by molar-refractivity contribution is -0.0500. The van der Waals surface area contributed by atoms with Crippen LogP contribution in [0.3, 0.4) is 0 Å². The predicted molar refractivity (Wildman–Crippen MR) is 69.3 cm³/mol. The minimum Gasteiger partial charge on any atom is -0.488 e. The maximum atomic E-state index is 12.2. The third kappa shape index (κ3) is 2.81. The fourth-order valence-electron chi connectivity index (χ4n) is 1.37. The second kappa shape index (κ2) is 4.85. The summed E-state index contributed by atoms with van der Waals surface area (Å²) in [5, 5.41) is 0. The van der Waals surface area contributed by atoms with Crippen molar-refractivity contribution in [1.29, 1.82) is 0 Å². The van der Waals surface area contributed by atoms with Gasteiger partial charge in [-0.15, -0.1) is 0 Å². The van der Waals surface area contributed by atoms with Gasteiger partial charge in [0, 0.05) is 5.56 Å². The van der Waals surface area contributed by atoms with Crippen molar-refractivity contribution in [3.05, 3.63) is 27.3 Å². The first-order chi connectivity index (χ1) is 8.72. The summed E-state index contributed by atoms with van der Waals surface area (Å²) in [7, 11) is -5.68. The highest BCUT2D eigenvalue weighted by molar-refractivity contribution is 14.1. The van der Waals surface area contributed by atoms with Crippen LogP contribution < -0.4 is 8.92 Å². The van der Waals surface area contributed by atoms with Gasteiger partial charge in [0.05, 0.1) is 3.57 Å². The zero-order valence-electron chi connectivity index (χ0n) is 9.07. The molecule has 0 unspecified atom stereocenters. The molecular formula is C10H6F3IO4S. The Kier molecular flexibility index (Phi) is 3.69. The fourth-order valence-corrected chi connectivity index (χ4v) is 2.74. The van der Waals surface area contributed by atoms with Gasteiger partial charge < -0.3 is 8.92 Å². The van der Waals surface area contributed by atoms with E-state index in [0.717, 1.165) is 6.07 Å². The van der Waals surface area contributed by atoms with Crippen molar-refractivity contribution in [1.82, 2.24) is 0 Å². The number of hydrogen-bond donors (Lipinski definition) is 0. The lowest BCUT2D eigenvalue weighted by Gasteiger charge is -2.17. The molecule has 0 aliphatic carbocycles. The van der Waals surface area contributed by atoms with Gasteiger partial charge in [-0.1, -0.05) is 6.08 Å². The van der Waals surface area contributed by atoms with Crippen LogP contribution in [0.5, 0.6) is 11.5 Å². The average Bonchev–Trinajstić information content (AvgIpc) is 2.31. The van der Waals surface area contributed by atoms with Crippen LogP contribution in [-0.2, 0) is 10.1 Å². The maximum absolute atomic E-state index is 12.2. The summed E-state index contributed by atoms with van der Waals surface area (Å²) in [4.78, 5) is 0. The SMILES string of the molecule is O=S(=O)(Oc1ccc2c(c1I)OCC=C2)C(F)(F)F. The lowest BCUT2D eigenvalue weighted by atomic mass is 10.1. The number of rotatable bonds is 2. The molecule has 0 saturated carbocycles. The molecule has 0 spiro atoms. The Morgan fingerprint density at radius 2 is 2.00 bits per heavy atom. The van der Waals surface area contributed by atoms with E-state index in [9.17, 15) is 21.6 Å². The van der Waals surface area contributed by atoms with E-state index in [2.05, 4.69) is 4.18 Å². The molecular weight excluding hydrogens is 400 g/mol. The van der Waals surface area contributed by atoms with Crippen molar-refractivity contribution in [3.8, 4) is 11.5 Å². The molecule has 104 valence electrons. The van der Waals surface area contributed by atoms with Gasteiger partial charge in [-0.25, -0.2) is 0 Å². The zero-order chi connectivity index (χ0) is 14.3. The van der Waals surface area contributed by atoms with E-state index in [0.29, 0.717) is 11.3 Å². The summed E-state index contributed by atoms with van der Waals surface area (Å²) in [5.41, 5.74) is -4.82. The molecule has 1 aliphatic heterocycles. The molecule has 0 bridgehead atoms. The van der Waals surface area contributed by atoms with E-state index >= 15 is 0 Å². The first-order valence-corrected chi connectivity index (χ1v) is 7.33. The van der Waals surface area contributed by atoms with Crippen LogP contribution in [0.25, 0.3) is 6.08 Å². The van der Waals surface area contributed by atoms with Gasteiger partial charge in [-0.3, -0.25) is 0 Å². The normalized spacial score (nSPS) is 14.7. The topological polar surface area (TPSA) is 52.6 Å². The molecule has 0 saturated heterocycles. The Morgan fingerprint density at radius 1 is 1.32 bits per heavy atom. The monoisotopic (exact) mass is 406 g/mol. The molecule has 1 aliphatic rings. The van der Waals surface area contributed by atoms with Crippen LogP contribution in [0.4, 0.5) is 13.2 Å². The van der Waals surface area contributed by atoms with Gasteiger partial charge in [0.1, 0.15) is 12.4 Å². The van der Waals surface area contributed by atoms with Crippen molar-refractivity contribution < 1.29 is 30.5 Å². The van der Waals surface area contributed by atoms with Crippen LogP contribution in [-0.4, -0.2) is 20.5 Å². The smallest absolute Gasteiger partial charge is 0.488 e. The van der Waals surface area contributed by atoms with Crippen molar-refractivity contribution >= 4 is 38.8 Å². The molecule has 0 aromatic heterocycles. The second-order valence-corrected chi connectivity index (χ2v) is 6.11. The Hall–Kier alpha value is -0.970. The molecule has 2 rings (SSSR count). The van der Waals surface area contributed by atoms with Crippen LogP contribution in [0.2, 0.25) is 0 Å². The molecule has 0 fully saturated rings. The molecule has 0 radical (unpaired) electrons. The van der Waals surface area contributed by atoms with Gasteiger partial charge >= 0.3 is 15.6 Å². The van der Waals surface area contributed by atoms with Crippen molar-refractivity contribution in [2.24, 2.45) is 0 Å². The van der Waals surface area contributed by atoms with E-state index in [4.69, 9.17) is 4.74 Å². The molecule has 1 heterocycles. The van der Waals surface area contributed by atoms with Crippen LogP contribution >= 0.6 is 22.6 Å². The Morgan fingerprint density at radius 3 is 2.63 bits per heavy atom. The van der Waals surface area contributed by atoms with E-state index in [1.807, 2.05) is 0 Å². The number of halogens is 4. The Bertz CT molecular complexity index is 637. The summed E-state index contributed by atoms with van der Waals surface area (Å²) >= 11 is 1.68. The summed E-state index contributed by atoms with van der Waals surface area (Å²) in [6.07, 6.45) is 3.45. The first kappa shape index (κ1) is 14.4. The highest BCUT2D eigenvalue weighted by atomic mass is 127.